The van der Waals surface area contributed by atoms with Crippen molar-refractivity contribution in [2.45, 2.75) is 18.4 Å². The zero-order valence-electron chi connectivity index (χ0n) is 13.9. The molecule has 2 aromatic carbocycles. The second-order valence-electron chi connectivity index (χ2n) is 5.23. The van der Waals surface area contributed by atoms with Crippen LogP contribution >= 0.6 is 11.6 Å². The quantitative estimate of drug-likeness (QED) is 0.747. The molecule has 0 heterocycles. The minimum absolute atomic E-state index is 0.0139. The van der Waals surface area contributed by atoms with Crippen molar-refractivity contribution >= 4 is 27.5 Å². The van der Waals surface area contributed by atoms with E-state index in [0.29, 0.717) is 23.7 Å². The van der Waals surface area contributed by atoms with Gasteiger partial charge in [0.05, 0.1) is 12.0 Å². The molecule has 0 aliphatic rings. The molecule has 1 N–H and O–H groups in total. The van der Waals surface area contributed by atoms with Gasteiger partial charge in [-0.25, -0.2) is 8.42 Å². The summed E-state index contributed by atoms with van der Waals surface area (Å²) in [5, 5.41) is 0.598. The van der Waals surface area contributed by atoms with Gasteiger partial charge in [0, 0.05) is 23.7 Å². The van der Waals surface area contributed by atoms with Crippen LogP contribution in [0.1, 0.15) is 22.8 Å². The molecule has 2 aromatic rings. The van der Waals surface area contributed by atoms with Gasteiger partial charge in [-0.3, -0.25) is 9.63 Å². The molecule has 6 nitrogen and oxygen atoms in total. The maximum Gasteiger partial charge on any atom is 0.262 e. The fourth-order valence-corrected chi connectivity index (χ4v) is 3.28. The Kier molecular flexibility index (Phi) is 6.55. The summed E-state index contributed by atoms with van der Waals surface area (Å²) in [6.07, 6.45) is 0. The fourth-order valence-electron chi connectivity index (χ4n) is 2.28. The van der Waals surface area contributed by atoms with E-state index in [-0.39, 0.29) is 10.8 Å². The van der Waals surface area contributed by atoms with Gasteiger partial charge in [0.2, 0.25) is 0 Å². The number of nitrogens with one attached hydrogen (secondary N) is 1. The average Bonchev–Trinajstić information content (AvgIpc) is 2.60. The second-order valence-corrected chi connectivity index (χ2v) is 7.28. The van der Waals surface area contributed by atoms with Crippen molar-refractivity contribution < 1.29 is 18.0 Å². The third-order valence-electron chi connectivity index (χ3n) is 3.59. The zero-order valence-corrected chi connectivity index (χ0v) is 15.5. The molecule has 2 rings (SSSR count). The van der Waals surface area contributed by atoms with Crippen LogP contribution < -0.4 is 4.89 Å². The highest BCUT2D eigenvalue weighted by Gasteiger charge is 2.18. The molecule has 8 heteroatoms. The highest BCUT2D eigenvalue weighted by atomic mass is 35.5. The lowest BCUT2D eigenvalue weighted by molar-refractivity contribution is 0.0752. The van der Waals surface area contributed by atoms with Gasteiger partial charge in [-0.15, -0.1) is 0 Å². The van der Waals surface area contributed by atoms with Crippen molar-refractivity contribution in [3.63, 3.8) is 0 Å². The molecule has 0 radical (unpaired) electrons. The molecule has 0 atom stereocenters. The average molecular weight is 383 g/mol. The van der Waals surface area contributed by atoms with E-state index < -0.39 is 10.0 Å². The summed E-state index contributed by atoms with van der Waals surface area (Å²) in [4.78, 5) is 20.7. The molecule has 0 saturated carbocycles. The Bertz CT molecular complexity index is 838. The maximum absolute atomic E-state index is 12.7. The monoisotopic (exact) mass is 382 g/mol. The third-order valence-corrected chi connectivity index (χ3v) is 5.24. The number of carbonyl (C=O) groups is 1. The summed E-state index contributed by atoms with van der Waals surface area (Å²) >= 11 is 6.15. The molecular weight excluding hydrogens is 364 g/mol. The SMILES string of the molecule is CCN(Cc1ccccc1Cl)C(=O)c1ccc(S(=O)(=O)NOC)cc1. The van der Waals surface area contributed by atoms with Gasteiger partial charge in [-0.2, -0.15) is 0 Å². The van der Waals surface area contributed by atoms with Gasteiger partial charge in [-0.1, -0.05) is 34.7 Å². The Morgan fingerprint density at radius 1 is 1.16 bits per heavy atom. The Morgan fingerprint density at radius 2 is 1.80 bits per heavy atom. The maximum atomic E-state index is 12.7. The van der Waals surface area contributed by atoms with Crippen molar-refractivity contribution in [3.05, 3.63) is 64.7 Å². The largest absolute Gasteiger partial charge is 0.335 e. The van der Waals surface area contributed by atoms with Crippen LogP contribution in [0.4, 0.5) is 0 Å². The topological polar surface area (TPSA) is 75.7 Å². The van der Waals surface area contributed by atoms with Crippen molar-refractivity contribution in [2.75, 3.05) is 13.7 Å². The third kappa shape index (κ3) is 4.79. The standard InChI is InChI=1S/C17H19ClN2O4S/c1-3-20(12-14-6-4-5-7-16(14)18)17(21)13-8-10-15(11-9-13)25(22,23)19-24-2/h4-11,19H,3,12H2,1-2H3. The summed E-state index contributed by atoms with van der Waals surface area (Å²) in [5.74, 6) is -0.203. The minimum atomic E-state index is -3.75. The molecule has 134 valence electrons. The van der Waals surface area contributed by atoms with E-state index in [1.165, 1.54) is 31.4 Å². The smallest absolute Gasteiger partial charge is 0.262 e. The lowest BCUT2D eigenvalue weighted by atomic mass is 10.1. The number of carbonyl (C=O) groups excluding carboxylic acids is 1. The first kappa shape index (κ1) is 19.4. The van der Waals surface area contributed by atoms with Crippen molar-refractivity contribution in [1.29, 1.82) is 0 Å². The Morgan fingerprint density at radius 3 is 2.36 bits per heavy atom. The summed E-state index contributed by atoms with van der Waals surface area (Å²) in [6.45, 7) is 2.74. The summed E-state index contributed by atoms with van der Waals surface area (Å²) in [7, 11) is -2.54. The Balaban J connectivity index is 2.19. The number of sulfonamides is 1. The first-order valence-electron chi connectivity index (χ1n) is 7.56. The summed E-state index contributed by atoms with van der Waals surface area (Å²) in [5.41, 5.74) is 1.24. The predicted octanol–water partition coefficient (Wildman–Crippen LogP) is 2.84. The van der Waals surface area contributed by atoms with Crippen LogP contribution in [0.2, 0.25) is 5.02 Å². The molecule has 1 amide bonds. The number of halogens is 1. The van der Waals surface area contributed by atoms with Crippen LogP contribution in [0.5, 0.6) is 0 Å². The summed E-state index contributed by atoms with van der Waals surface area (Å²) in [6, 6.07) is 13.0. The van der Waals surface area contributed by atoms with E-state index in [1.807, 2.05) is 30.0 Å². The van der Waals surface area contributed by atoms with Crippen LogP contribution in [0.25, 0.3) is 0 Å². The first-order chi connectivity index (χ1) is 11.9. The number of rotatable bonds is 7. The van der Waals surface area contributed by atoms with Gasteiger partial charge in [0.25, 0.3) is 15.9 Å². The summed E-state index contributed by atoms with van der Waals surface area (Å²) < 4.78 is 23.7. The Labute approximate surface area is 152 Å². The zero-order chi connectivity index (χ0) is 18.4. The normalized spacial score (nSPS) is 11.3. The molecule has 0 bridgehead atoms. The van der Waals surface area contributed by atoms with Gasteiger partial charge in [0.15, 0.2) is 0 Å². The highest BCUT2D eigenvalue weighted by molar-refractivity contribution is 7.89. The van der Waals surface area contributed by atoms with Gasteiger partial charge >= 0.3 is 0 Å². The lowest BCUT2D eigenvalue weighted by Gasteiger charge is -2.21. The second kappa shape index (κ2) is 8.44. The van der Waals surface area contributed by atoms with Crippen LogP contribution in [0, 0.1) is 0 Å². The molecular formula is C17H19ClN2O4S. The van der Waals surface area contributed by atoms with E-state index in [0.717, 1.165) is 5.56 Å². The van der Waals surface area contributed by atoms with E-state index >= 15 is 0 Å². The van der Waals surface area contributed by atoms with Gasteiger partial charge in [0.1, 0.15) is 0 Å². The van der Waals surface area contributed by atoms with Gasteiger partial charge in [-0.05, 0) is 42.8 Å². The van der Waals surface area contributed by atoms with Gasteiger partial charge < -0.3 is 4.90 Å². The minimum Gasteiger partial charge on any atom is -0.335 e. The van der Waals surface area contributed by atoms with Crippen molar-refractivity contribution in [3.8, 4) is 0 Å². The van der Waals surface area contributed by atoms with Crippen LogP contribution in [-0.2, 0) is 21.4 Å². The number of benzene rings is 2. The molecule has 0 aliphatic heterocycles. The number of hydrogen-bond acceptors (Lipinski definition) is 4. The van der Waals surface area contributed by atoms with Crippen molar-refractivity contribution in [1.82, 2.24) is 9.79 Å². The van der Waals surface area contributed by atoms with Crippen LogP contribution in [0.3, 0.4) is 0 Å². The van der Waals surface area contributed by atoms with Crippen LogP contribution in [0.15, 0.2) is 53.4 Å². The fraction of sp³-hybridized carbons (Fsp3) is 0.235. The lowest BCUT2D eigenvalue weighted by Crippen LogP contribution is -2.30. The predicted molar refractivity (Wildman–Crippen MR) is 95.6 cm³/mol. The highest BCUT2D eigenvalue weighted by Crippen LogP contribution is 2.19. The molecule has 0 aliphatic carbocycles. The molecule has 25 heavy (non-hydrogen) atoms. The molecule has 0 fully saturated rings. The molecule has 0 saturated heterocycles. The molecule has 0 aromatic heterocycles. The van der Waals surface area contributed by atoms with E-state index in [2.05, 4.69) is 4.84 Å². The number of amides is 1. The van der Waals surface area contributed by atoms with E-state index in [4.69, 9.17) is 11.6 Å². The molecule has 0 spiro atoms. The van der Waals surface area contributed by atoms with Crippen LogP contribution in [-0.4, -0.2) is 32.9 Å². The van der Waals surface area contributed by atoms with Crippen molar-refractivity contribution in [2.24, 2.45) is 0 Å². The molecule has 0 unspecified atom stereocenters. The first-order valence-corrected chi connectivity index (χ1v) is 9.42. The van der Waals surface area contributed by atoms with E-state index in [9.17, 15) is 13.2 Å². The number of nitrogens with zero attached hydrogens (tertiary/aromatic N) is 1. The van der Waals surface area contributed by atoms with E-state index in [1.54, 1.807) is 11.0 Å². The number of hydrogen-bond donors (Lipinski definition) is 1. The Hall–Kier alpha value is -1.93.